The van der Waals surface area contributed by atoms with Crippen LogP contribution in [0.3, 0.4) is 0 Å². The third-order valence-corrected chi connectivity index (χ3v) is 7.44. The van der Waals surface area contributed by atoms with Gasteiger partial charge in [-0.3, -0.25) is 0 Å². The van der Waals surface area contributed by atoms with Crippen LogP contribution in [-0.2, 0) is 0 Å². The number of anilines is 1. The lowest BCUT2D eigenvalue weighted by Gasteiger charge is -2.31. The monoisotopic (exact) mass is 500 g/mol. The Bertz CT molecular complexity index is 1150. The lowest BCUT2D eigenvalue weighted by Crippen LogP contribution is -2.29. The molecule has 0 saturated heterocycles. The summed E-state index contributed by atoms with van der Waals surface area (Å²) >= 11 is 8.31. The van der Waals surface area contributed by atoms with Crippen molar-refractivity contribution in [1.82, 2.24) is 4.98 Å². The van der Waals surface area contributed by atoms with Gasteiger partial charge in [-0.25, -0.2) is 4.98 Å². The van der Waals surface area contributed by atoms with Gasteiger partial charge in [0, 0.05) is 10.4 Å². The molecule has 3 aromatic rings. The standard InChI is InChI=1S/C27H29ClN2OS.ClH/c1-6-13-30(24(15-20-9-10-20)21-11-7-17(2)8-12-21)27-29-26(19(4)32-27)22-14-18(3)25(31-5)16-23(22)28;/h1,7-8,11-12,14,16,20,24H,9-10,13,15H2,2-5H3;1H/t24-;/m0./s1. The maximum Gasteiger partial charge on any atom is 0.187 e. The predicted octanol–water partition coefficient (Wildman–Crippen LogP) is 7.80. The quantitative estimate of drug-likeness (QED) is 0.295. The highest BCUT2D eigenvalue weighted by Gasteiger charge is 2.31. The maximum atomic E-state index is 6.63. The van der Waals surface area contributed by atoms with E-state index in [0.717, 1.165) is 44.9 Å². The number of thiazole rings is 1. The highest BCUT2D eigenvalue weighted by molar-refractivity contribution is 7.16. The molecule has 2 aromatic carbocycles. The second-order valence-corrected chi connectivity index (χ2v) is 10.2. The molecule has 0 amide bonds. The van der Waals surface area contributed by atoms with Crippen molar-refractivity contribution in [2.24, 2.45) is 5.92 Å². The van der Waals surface area contributed by atoms with Crippen LogP contribution < -0.4 is 9.64 Å². The van der Waals surface area contributed by atoms with Crippen LogP contribution in [0, 0.1) is 39.0 Å². The van der Waals surface area contributed by atoms with Gasteiger partial charge in [-0.05, 0) is 56.4 Å². The second kappa shape index (κ2) is 10.8. The minimum Gasteiger partial charge on any atom is -0.496 e. The van der Waals surface area contributed by atoms with Crippen molar-refractivity contribution in [3.05, 3.63) is 63.0 Å². The zero-order valence-electron chi connectivity index (χ0n) is 19.5. The zero-order chi connectivity index (χ0) is 22.8. The van der Waals surface area contributed by atoms with Crippen LogP contribution in [-0.4, -0.2) is 18.6 Å². The first kappa shape index (κ1) is 25.4. The van der Waals surface area contributed by atoms with Gasteiger partial charge in [0.25, 0.3) is 0 Å². The molecule has 1 aliphatic carbocycles. The van der Waals surface area contributed by atoms with Gasteiger partial charge in [0.05, 0.1) is 30.4 Å². The van der Waals surface area contributed by atoms with E-state index in [9.17, 15) is 0 Å². The molecule has 0 unspecified atom stereocenters. The second-order valence-electron chi connectivity index (χ2n) is 8.64. The number of nitrogens with zero attached hydrogens (tertiary/aromatic N) is 2. The Labute approximate surface area is 212 Å². The van der Waals surface area contributed by atoms with Gasteiger partial charge in [-0.1, -0.05) is 60.2 Å². The molecule has 1 heterocycles. The fourth-order valence-corrected chi connectivity index (χ4v) is 5.35. The Balaban J connectivity index is 0.00000306. The maximum absolute atomic E-state index is 6.63. The summed E-state index contributed by atoms with van der Waals surface area (Å²) in [6.07, 6.45) is 9.54. The van der Waals surface area contributed by atoms with Crippen molar-refractivity contribution in [3.63, 3.8) is 0 Å². The molecule has 4 rings (SSSR count). The van der Waals surface area contributed by atoms with Crippen LogP contribution in [0.5, 0.6) is 5.75 Å². The SMILES string of the molecule is C#CCN(c1nc(-c2cc(C)c(OC)cc2Cl)c(C)s1)[C@@H](CC1CC1)c1ccc(C)cc1.Cl. The van der Waals surface area contributed by atoms with Crippen molar-refractivity contribution in [2.75, 3.05) is 18.6 Å². The molecule has 1 aromatic heterocycles. The molecule has 33 heavy (non-hydrogen) atoms. The average Bonchev–Trinajstić information content (AvgIpc) is 3.52. The summed E-state index contributed by atoms with van der Waals surface area (Å²) in [5.41, 5.74) is 5.44. The van der Waals surface area contributed by atoms with E-state index in [0.29, 0.717) is 11.6 Å². The highest BCUT2D eigenvalue weighted by Crippen LogP contribution is 2.44. The van der Waals surface area contributed by atoms with Crippen LogP contribution in [0.2, 0.25) is 5.02 Å². The van der Waals surface area contributed by atoms with Crippen LogP contribution in [0.25, 0.3) is 11.3 Å². The number of hydrogen-bond acceptors (Lipinski definition) is 4. The number of hydrogen-bond donors (Lipinski definition) is 0. The third-order valence-electron chi connectivity index (χ3n) is 6.12. The zero-order valence-corrected chi connectivity index (χ0v) is 21.9. The van der Waals surface area contributed by atoms with E-state index in [4.69, 9.17) is 27.7 Å². The van der Waals surface area contributed by atoms with Crippen LogP contribution in [0.4, 0.5) is 5.13 Å². The Morgan fingerprint density at radius 2 is 1.91 bits per heavy atom. The molecule has 1 atom stereocenters. The first-order valence-corrected chi connectivity index (χ1v) is 12.2. The number of rotatable bonds is 8. The number of methoxy groups -OCH3 is 1. The van der Waals surface area contributed by atoms with E-state index >= 15 is 0 Å². The normalized spacial score (nSPS) is 13.7. The summed E-state index contributed by atoms with van der Waals surface area (Å²) in [7, 11) is 1.66. The van der Waals surface area contributed by atoms with Gasteiger partial charge in [0.2, 0.25) is 0 Å². The summed E-state index contributed by atoms with van der Waals surface area (Å²) in [4.78, 5) is 8.50. The van der Waals surface area contributed by atoms with Crippen LogP contribution >= 0.6 is 35.3 Å². The number of ether oxygens (including phenoxy) is 1. The van der Waals surface area contributed by atoms with E-state index in [2.05, 4.69) is 55.0 Å². The van der Waals surface area contributed by atoms with Gasteiger partial charge in [-0.2, -0.15) is 0 Å². The Morgan fingerprint density at radius 3 is 2.52 bits per heavy atom. The minimum atomic E-state index is 0. The number of halogens is 2. The number of aryl methyl sites for hydroxylation is 3. The topological polar surface area (TPSA) is 25.4 Å². The number of aromatic nitrogens is 1. The van der Waals surface area contributed by atoms with Crippen molar-refractivity contribution in [2.45, 2.75) is 46.1 Å². The van der Waals surface area contributed by atoms with Gasteiger partial charge in [0.15, 0.2) is 5.13 Å². The van der Waals surface area contributed by atoms with E-state index < -0.39 is 0 Å². The van der Waals surface area contributed by atoms with E-state index in [-0.39, 0.29) is 18.4 Å². The van der Waals surface area contributed by atoms with Gasteiger partial charge in [0.1, 0.15) is 5.75 Å². The van der Waals surface area contributed by atoms with E-state index in [1.807, 2.05) is 13.0 Å². The molecule has 0 radical (unpaired) electrons. The molecule has 174 valence electrons. The van der Waals surface area contributed by atoms with Crippen LogP contribution in [0.1, 0.15) is 46.9 Å². The number of terminal acetylenes is 1. The molecule has 6 heteroatoms. The molecule has 1 aliphatic rings. The Kier molecular flexibility index (Phi) is 8.34. The van der Waals surface area contributed by atoms with Crippen molar-refractivity contribution >= 4 is 40.5 Å². The molecule has 0 N–H and O–H groups in total. The third kappa shape index (κ3) is 5.66. The van der Waals surface area contributed by atoms with Crippen molar-refractivity contribution in [1.29, 1.82) is 0 Å². The Hall–Kier alpha value is -2.19. The summed E-state index contributed by atoms with van der Waals surface area (Å²) in [5, 5.41) is 1.59. The summed E-state index contributed by atoms with van der Waals surface area (Å²) in [6, 6.07) is 13.0. The van der Waals surface area contributed by atoms with Crippen molar-refractivity contribution in [3.8, 4) is 29.4 Å². The molecular formula is C27H30Cl2N2OS. The predicted molar refractivity (Wildman–Crippen MR) is 143 cm³/mol. The first-order chi connectivity index (χ1) is 15.4. The molecule has 1 saturated carbocycles. The smallest absolute Gasteiger partial charge is 0.187 e. The first-order valence-electron chi connectivity index (χ1n) is 11.0. The summed E-state index contributed by atoms with van der Waals surface area (Å²) < 4.78 is 5.42. The molecule has 1 fully saturated rings. The van der Waals surface area contributed by atoms with Gasteiger partial charge < -0.3 is 9.64 Å². The van der Waals surface area contributed by atoms with E-state index in [1.165, 1.54) is 24.0 Å². The highest BCUT2D eigenvalue weighted by atomic mass is 35.5. The molecular weight excluding hydrogens is 471 g/mol. The molecule has 0 aliphatic heterocycles. The summed E-state index contributed by atoms with van der Waals surface area (Å²) in [6.45, 7) is 6.76. The summed E-state index contributed by atoms with van der Waals surface area (Å²) in [5.74, 6) is 4.42. The molecule has 0 bridgehead atoms. The van der Waals surface area contributed by atoms with Gasteiger partial charge >= 0.3 is 0 Å². The lowest BCUT2D eigenvalue weighted by molar-refractivity contribution is 0.412. The fraction of sp³-hybridized carbons (Fsp3) is 0.370. The lowest BCUT2D eigenvalue weighted by atomic mass is 9.98. The van der Waals surface area contributed by atoms with Crippen LogP contribution in [0.15, 0.2) is 36.4 Å². The van der Waals surface area contributed by atoms with Crippen molar-refractivity contribution < 1.29 is 4.74 Å². The molecule has 0 spiro atoms. The Morgan fingerprint density at radius 1 is 1.21 bits per heavy atom. The van der Waals surface area contributed by atoms with Gasteiger partial charge in [-0.15, -0.1) is 30.2 Å². The fourth-order valence-electron chi connectivity index (χ4n) is 4.13. The molecule has 3 nitrogen and oxygen atoms in total. The largest absolute Gasteiger partial charge is 0.496 e. The van der Waals surface area contributed by atoms with E-state index in [1.54, 1.807) is 18.4 Å². The average molecular weight is 502 g/mol. The number of benzene rings is 2. The minimum absolute atomic E-state index is 0.